The highest BCUT2D eigenvalue weighted by Gasteiger charge is 2.20. The van der Waals surface area contributed by atoms with E-state index in [1.807, 2.05) is 45.0 Å². The highest BCUT2D eigenvalue weighted by atomic mass is 32.2. The Balaban J connectivity index is 1.92. The van der Waals surface area contributed by atoms with Crippen LogP contribution in [0.4, 0.5) is 0 Å². The lowest BCUT2D eigenvalue weighted by Crippen LogP contribution is -2.26. The molecule has 0 aliphatic heterocycles. The second-order valence-electron chi connectivity index (χ2n) is 6.00. The first-order valence-corrected chi connectivity index (χ1v) is 10.3. The van der Waals surface area contributed by atoms with Gasteiger partial charge in [0.05, 0.1) is 15.1 Å². The molecule has 0 radical (unpaired) electrons. The van der Waals surface area contributed by atoms with Crippen molar-refractivity contribution >= 4 is 31.6 Å². The number of aryl methyl sites for hydroxylation is 2. The first-order chi connectivity index (χ1) is 11.8. The summed E-state index contributed by atoms with van der Waals surface area (Å²) in [4.78, 5) is 12.0. The fraction of sp³-hybridized carbons (Fsp3) is 0.278. The zero-order valence-electron chi connectivity index (χ0n) is 14.3. The van der Waals surface area contributed by atoms with Crippen LogP contribution in [0.15, 0.2) is 52.2 Å². The fourth-order valence-corrected chi connectivity index (χ4v) is 5.06. The molecule has 0 aliphatic rings. The van der Waals surface area contributed by atoms with Crippen LogP contribution >= 0.6 is 11.3 Å². The van der Waals surface area contributed by atoms with E-state index in [1.54, 1.807) is 22.8 Å². The van der Waals surface area contributed by atoms with E-state index in [-0.39, 0.29) is 15.8 Å². The van der Waals surface area contributed by atoms with Crippen molar-refractivity contribution in [1.29, 1.82) is 0 Å². The molecule has 0 amide bonds. The standard InChI is InChI=1S/C18H20N2O3S2/c1-4-20-16-10-9-15(11-17(16)24-18(20)21)25(22,23)19-13(3)14-7-5-12(2)6-8-14/h5-11,13,19H,4H2,1-3H3. The quantitative estimate of drug-likeness (QED) is 0.742. The fourth-order valence-electron chi connectivity index (χ4n) is 2.74. The predicted octanol–water partition coefficient (Wildman–Crippen LogP) is 3.43. The van der Waals surface area contributed by atoms with Crippen LogP contribution in [0.2, 0.25) is 0 Å². The molecule has 0 bridgehead atoms. The van der Waals surface area contributed by atoms with E-state index in [2.05, 4.69) is 4.72 Å². The zero-order chi connectivity index (χ0) is 18.2. The first-order valence-electron chi connectivity index (χ1n) is 8.04. The summed E-state index contributed by atoms with van der Waals surface area (Å²) in [5, 5.41) is 0. The SMILES string of the molecule is CCn1c(=O)sc2cc(S(=O)(=O)NC(C)c3ccc(C)cc3)ccc21. The Bertz CT molecular complexity index is 1060. The van der Waals surface area contributed by atoms with Gasteiger partial charge in [0.2, 0.25) is 10.0 Å². The third-order valence-corrected chi connectivity index (χ3v) is 6.66. The van der Waals surface area contributed by atoms with Gasteiger partial charge >= 0.3 is 4.87 Å². The van der Waals surface area contributed by atoms with E-state index in [0.29, 0.717) is 11.2 Å². The van der Waals surface area contributed by atoms with Gasteiger partial charge in [-0.15, -0.1) is 0 Å². The zero-order valence-corrected chi connectivity index (χ0v) is 15.9. The summed E-state index contributed by atoms with van der Waals surface area (Å²) in [5.41, 5.74) is 2.79. The van der Waals surface area contributed by atoms with Crippen LogP contribution in [0.1, 0.15) is 31.0 Å². The van der Waals surface area contributed by atoms with Crippen molar-refractivity contribution in [3.05, 3.63) is 63.3 Å². The number of thiazole rings is 1. The molecule has 0 saturated carbocycles. The summed E-state index contributed by atoms with van der Waals surface area (Å²) in [6.07, 6.45) is 0. The minimum Gasteiger partial charge on any atom is -0.299 e. The number of benzene rings is 2. The monoisotopic (exact) mass is 376 g/mol. The number of fused-ring (bicyclic) bond motifs is 1. The lowest BCUT2D eigenvalue weighted by molar-refractivity contribution is 0.567. The van der Waals surface area contributed by atoms with Gasteiger partial charge in [-0.05, 0) is 44.5 Å². The van der Waals surface area contributed by atoms with E-state index >= 15 is 0 Å². The van der Waals surface area contributed by atoms with Gasteiger partial charge in [-0.3, -0.25) is 9.36 Å². The topological polar surface area (TPSA) is 68.2 Å². The smallest absolute Gasteiger partial charge is 0.299 e. The molecule has 0 aliphatic carbocycles. The van der Waals surface area contributed by atoms with Crippen molar-refractivity contribution < 1.29 is 8.42 Å². The molecular formula is C18H20N2O3S2. The van der Waals surface area contributed by atoms with Crippen molar-refractivity contribution in [1.82, 2.24) is 9.29 Å². The Hall–Kier alpha value is -1.96. The van der Waals surface area contributed by atoms with Crippen molar-refractivity contribution in [3.63, 3.8) is 0 Å². The van der Waals surface area contributed by atoms with E-state index in [9.17, 15) is 13.2 Å². The lowest BCUT2D eigenvalue weighted by atomic mass is 10.1. The second-order valence-corrected chi connectivity index (χ2v) is 8.70. The van der Waals surface area contributed by atoms with Crippen LogP contribution in [0.5, 0.6) is 0 Å². The maximum absolute atomic E-state index is 12.7. The van der Waals surface area contributed by atoms with Gasteiger partial charge in [0, 0.05) is 12.6 Å². The number of aromatic nitrogens is 1. The minimum absolute atomic E-state index is 0.0759. The third-order valence-electron chi connectivity index (χ3n) is 4.18. The maximum Gasteiger partial charge on any atom is 0.308 e. The number of hydrogen-bond donors (Lipinski definition) is 1. The Morgan fingerprint density at radius 1 is 1.16 bits per heavy atom. The van der Waals surface area contributed by atoms with Gasteiger partial charge in [-0.1, -0.05) is 41.2 Å². The normalized spacial score (nSPS) is 13.2. The Kier molecular flexibility index (Phi) is 4.81. The van der Waals surface area contributed by atoms with Crippen molar-refractivity contribution in [2.24, 2.45) is 0 Å². The predicted molar refractivity (Wildman–Crippen MR) is 102 cm³/mol. The molecule has 0 spiro atoms. The van der Waals surface area contributed by atoms with Crippen molar-refractivity contribution in [2.75, 3.05) is 0 Å². The van der Waals surface area contributed by atoms with Crippen molar-refractivity contribution in [2.45, 2.75) is 38.3 Å². The van der Waals surface area contributed by atoms with Gasteiger partial charge in [0.25, 0.3) is 0 Å². The van der Waals surface area contributed by atoms with Gasteiger partial charge < -0.3 is 0 Å². The third kappa shape index (κ3) is 3.53. The second kappa shape index (κ2) is 6.74. The molecule has 0 fully saturated rings. The molecule has 5 nitrogen and oxygen atoms in total. The molecule has 25 heavy (non-hydrogen) atoms. The number of nitrogens with zero attached hydrogens (tertiary/aromatic N) is 1. The van der Waals surface area contributed by atoms with Crippen LogP contribution in [0, 0.1) is 6.92 Å². The van der Waals surface area contributed by atoms with E-state index in [1.165, 1.54) is 0 Å². The highest BCUT2D eigenvalue weighted by Crippen LogP contribution is 2.23. The molecule has 1 heterocycles. The number of rotatable bonds is 5. The van der Waals surface area contributed by atoms with Crippen LogP contribution in [-0.2, 0) is 16.6 Å². The summed E-state index contributed by atoms with van der Waals surface area (Å²) in [7, 11) is -3.67. The highest BCUT2D eigenvalue weighted by molar-refractivity contribution is 7.89. The molecule has 2 aromatic carbocycles. The number of nitrogens with one attached hydrogen (secondary N) is 1. The molecule has 3 rings (SSSR count). The molecule has 132 valence electrons. The summed E-state index contributed by atoms with van der Waals surface area (Å²) in [5.74, 6) is 0. The Morgan fingerprint density at radius 2 is 1.84 bits per heavy atom. The summed E-state index contributed by atoms with van der Waals surface area (Å²) in [6, 6.07) is 12.2. The van der Waals surface area contributed by atoms with Crippen LogP contribution in [0.25, 0.3) is 10.2 Å². The van der Waals surface area contributed by atoms with Crippen LogP contribution in [-0.4, -0.2) is 13.0 Å². The largest absolute Gasteiger partial charge is 0.308 e. The maximum atomic E-state index is 12.7. The number of hydrogen-bond acceptors (Lipinski definition) is 4. The summed E-state index contributed by atoms with van der Waals surface area (Å²) >= 11 is 1.07. The molecule has 3 aromatic rings. The average Bonchev–Trinajstić information content (AvgIpc) is 2.89. The summed E-state index contributed by atoms with van der Waals surface area (Å²) < 4.78 is 30.4. The molecule has 1 aromatic heterocycles. The molecule has 1 unspecified atom stereocenters. The molecule has 0 saturated heterocycles. The summed E-state index contributed by atoms with van der Waals surface area (Å²) in [6.45, 7) is 6.26. The molecule has 1 N–H and O–H groups in total. The van der Waals surface area contributed by atoms with E-state index in [4.69, 9.17) is 0 Å². The van der Waals surface area contributed by atoms with E-state index in [0.717, 1.165) is 28.0 Å². The van der Waals surface area contributed by atoms with E-state index < -0.39 is 10.0 Å². The van der Waals surface area contributed by atoms with Gasteiger partial charge in [0.1, 0.15) is 0 Å². The minimum atomic E-state index is -3.67. The molecular weight excluding hydrogens is 356 g/mol. The van der Waals surface area contributed by atoms with Gasteiger partial charge in [0.15, 0.2) is 0 Å². The van der Waals surface area contributed by atoms with Crippen LogP contribution in [0.3, 0.4) is 0 Å². The average molecular weight is 377 g/mol. The lowest BCUT2D eigenvalue weighted by Gasteiger charge is -2.15. The number of sulfonamides is 1. The first kappa shape index (κ1) is 17.8. The van der Waals surface area contributed by atoms with Crippen LogP contribution < -0.4 is 9.60 Å². The van der Waals surface area contributed by atoms with Gasteiger partial charge in [-0.2, -0.15) is 0 Å². The Labute approximate surface area is 151 Å². The Morgan fingerprint density at radius 3 is 2.48 bits per heavy atom. The molecule has 1 atom stereocenters. The van der Waals surface area contributed by atoms with Crippen molar-refractivity contribution in [3.8, 4) is 0 Å². The van der Waals surface area contributed by atoms with Gasteiger partial charge in [-0.25, -0.2) is 13.1 Å². The molecule has 7 heteroatoms.